The summed E-state index contributed by atoms with van der Waals surface area (Å²) in [5, 5.41) is 5.92. The number of carbonyl (C=O) groups excluding carboxylic acids is 2. The maximum absolute atomic E-state index is 12.0. The van der Waals surface area contributed by atoms with Gasteiger partial charge in [-0.05, 0) is 19.4 Å². The van der Waals surface area contributed by atoms with E-state index in [1.807, 2.05) is 0 Å². The number of nitrogens with zero attached hydrogens (tertiary/aromatic N) is 1. The molecule has 0 spiro atoms. The van der Waals surface area contributed by atoms with Crippen molar-refractivity contribution in [1.29, 1.82) is 0 Å². The van der Waals surface area contributed by atoms with Crippen molar-refractivity contribution >= 4 is 11.8 Å². The minimum Gasteiger partial charge on any atom is -0.353 e. The highest BCUT2D eigenvalue weighted by Gasteiger charge is 2.28. The molecule has 2 rings (SSSR count). The van der Waals surface area contributed by atoms with Gasteiger partial charge in [-0.1, -0.05) is 6.42 Å². The van der Waals surface area contributed by atoms with Crippen molar-refractivity contribution in [2.24, 2.45) is 0 Å². The number of hydrogen-bond donors (Lipinski definition) is 2. The molecule has 2 aliphatic rings. The summed E-state index contributed by atoms with van der Waals surface area (Å²) in [6.45, 7) is 2.35. The number of amides is 2. The summed E-state index contributed by atoms with van der Waals surface area (Å²) in [7, 11) is 0. The van der Waals surface area contributed by atoms with Gasteiger partial charge >= 0.3 is 0 Å². The van der Waals surface area contributed by atoms with Gasteiger partial charge in [-0.3, -0.25) is 9.59 Å². The number of piperidine rings is 1. The van der Waals surface area contributed by atoms with Crippen LogP contribution in [0.1, 0.15) is 19.3 Å². The number of carbonyl (C=O) groups is 2. The first-order valence-corrected chi connectivity index (χ1v) is 5.56. The van der Waals surface area contributed by atoms with E-state index >= 15 is 0 Å². The Morgan fingerprint density at radius 2 is 2.20 bits per heavy atom. The molecular weight excluding hydrogens is 194 g/mol. The van der Waals surface area contributed by atoms with Gasteiger partial charge in [0.25, 0.3) is 0 Å². The molecule has 84 valence electrons. The van der Waals surface area contributed by atoms with Gasteiger partial charge in [0.2, 0.25) is 11.8 Å². The van der Waals surface area contributed by atoms with Crippen LogP contribution in [0.15, 0.2) is 0 Å². The molecule has 0 aromatic heterocycles. The van der Waals surface area contributed by atoms with Gasteiger partial charge in [-0.2, -0.15) is 0 Å². The third-order valence-corrected chi connectivity index (χ3v) is 2.96. The third-order valence-electron chi connectivity index (χ3n) is 2.96. The van der Waals surface area contributed by atoms with Crippen molar-refractivity contribution in [3.05, 3.63) is 0 Å². The Morgan fingerprint density at radius 1 is 1.33 bits per heavy atom. The van der Waals surface area contributed by atoms with Crippen LogP contribution in [0.3, 0.4) is 0 Å². The number of piperazine rings is 1. The zero-order chi connectivity index (χ0) is 10.7. The molecule has 0 radical (unpaired) electrons. The van der Waals surface area contributed by atoms with E-state index in [0.29, 0.717) is 13.1 Å². The first kappa shape index (κ1) is 10.4. The van der Waals surface area contributed by atoms with Gasteiger partial charge in [-0.15, -0.1) is 0 Å². The first-order chi connectivity index (χ1) is 7.27. The summed E-state index contributed by atoms with van der Waals surface area (Å²) in [6.07, 6.45) is 3.14. The lowest BCUT2D eigenvalue weighted by Crippen LogP contribution is -2.55. The zero-order valence-corrected chi connectivity index (χ0v) is 8.79. The van der Waals surface area contributed by atoms with Crippen molar-refractivity contribution in [2.75, 3.05) is 26.2 Å². The Hall–Kier alpha value is -1.10. The molecule has 2 amide bonds. The van der Waals surface area contributed by atoms with Crippen molar-refractivity contribution in [3.8, 4) is 0 Å². The molecule has 5 nitrogen and oxygen atoms in total. The lowest BCUT2D eigenvalue weighted by molar-refractivity contribution is -0.140. The Bertz CT molecular complexity index is 261. The van der Waals surface area contributed by atoms with E-state index in [9.17, 15) is 9.59 Å². The van der Waals surface area contributed by atoms with Crippen LogP contribution in [-0.4, -0.2) is 48.9 Å². The predicted molar refractivity (Wildman–Crippen MR) is 55.2 cm³/mol. The SMILES string of the molecule is O=C1CN(C(=O)[C@@H]2CCCCN2)CCN1. The Morgan fingerprint density at radius 3 is 2.87 bits per heavy atom. The van der Waals surface area contributed by atoms with Crippen molar-refractivity contribution in [1.82, 2.24) is 15.5 Å². The van der Waals surface area contributed by atoms with E-state index in [2.05, 4.69) is 10.6 Å². The largest absolute Gasteiger partial charge is 0.353 e. The molecule has 0 aliphatic carbocycles. The maximum Gasteiger partial charge on any atom is 0.240 e. The van der Waals surface area contributed by atoms with Crippen molar-refractivity contribution < 1.29 is 9.59 Å². The fourth-order valence-electron chi connectivity index (χ4n) is 2.11. The van der Waals surface area contributed by atoms with Gasteiger partial charge in [-0.25, -0.2) is 0 Å². The molecule has 0 unspecified atom stereocenters. The van der Waals surface area contributed by atoms with Gasteiger partial charge < -0.3 is 15.5 Å². The van der Waals surface area contributed by atoms with E-state index in [4.69, 9.17) is 0 Å². The minimum absolute atomic E-state index is 0.0505. The average Bonchev–Trinajstić information content (AvgIpc) is 2.29. The van der Waals surface area contributed by atoms with Crippen LogP contribution in [0, 0.1) is 0 Å². The second-order valence-electron chi connectivity index (χ2n) is 4.11. The molecule has 0 aromatic rings. The second kappa shape index (κ2) is 4.61. The molecular formula is C10H17N3O2. The van der Waals surface area contributed by atoms with Gasteiger partial charge in [0, 0.05) is 13.1 Å². The number of rotatable bonds is 1. The van der Waals surface area contributed by atoms with Crippen LogP contribution in [0.2, 0.25) is 0 Å². The molecule has 0 aromatic carbocycles. The summed E-state index contributed by atoms with van der Waals surface area (Å²) in [4.78, 5) is 24.8. The van der Waals surface area contributed by atoms with Crippen molar-refractivity contribution in [2.45, 2.75) is 25.3 Å². The Kier molecular flexibility index (Phi) is 3.20. The molecule has 2 heterocycles. The van der Waals surface area contributed by atoms with E-state index in [1.54, 1.807) is 4.90 Å². The van der Waals surface area contributed by atoms with Crippen LogP contribution in [0.4, 0.5) is 0 Å². The van der Waals surface area contributed by atoms with Crippen LogP contribution in [0.25, 0.3) is 0 Å². The fourth-order valence-corrected chi connectivity index (χ4v) is 2.11. The van der Waals surface area contributed by atoms with E-state index < -0.39 is 0 Å². The molecule has 5 heteroatoms. The molecule has 2 fully saturated rings. The summed E-state index contributed by atoms with van der Waals surface area (Å²) in [6, 6.07) is -0.0651. The van der Waals surface area contributed by atoms with E-state index in [-0.39, 0.29) is 24.4 Å². The summed E-state index contributed by atoms with van der Waals surface area (Å²) in [5.74, 6) is 0.0370. The minimum atomic E-state index is -0.0651. The summed E-state index contributed by atoms with van der Waals surface area (Å²) >= 11 is 0. The molecule has 1 atom stereocenters. The normalized spacial score (nSPS) is 27.3. The van der Waals surface area contributed by atoms with Crippen LogP contribution in [-0.2, 0) is 9.59 Å². The number of hydrogen-bond acceptors (Lipinski definition) is 3. The lowest BCUT2D eigenvalue weighted by atomic mass is 10.0. The van der Waals surface area contributed by atoms with Crippen LogP contribution < -0.4 is 10.6 Å². The quantitative estimate of drug-likeness (QED) is 0.590. The number of nitrogens with one attached hydrogen (secondary N) is 2. The highest BCUT2D eigenvalue weighted by Crippen LogP contribution is 2.10. The lowest BCUT2D eigenvalue weighted by Gasteiger charge is -2.32. The fraction of sp³-hybridized carbons (Fsp3) is 0.800. The van der Waals surface area contributed by atoms with Crippen molar-refractivity contribution in [3.63, 3.8) is 0 Å². The van der Waals surface area contributed by atoms with Gasteiger partial charge in [0.05, 0.1) is 12.6 Å². The highest BCUT2D eigenvalue weighted by atomic mass is 16.2. The molecule has 15 heavy (non-hydrogen) atoms. The van der Waals surface area contributed by atoms with Crippen LogP contribution >= 0.6 is 0 Å². The third kappa shape index (κ3) is 2.47. The maximum atomic E-state index is 12.0. The Labute approximate surface area is 89.2 Å². The van der Waals surface area contributed by atoms with Crippen LogP contribution in [0.5, 0.6) is 0 Å². The second-order valence-corrected chi connectivity index (χ2v) is 4.11. The molecule has 2 N–H and O–H groups in total. The molecule has 0 saturated carbocycles. The highest BCUT2D eigenvalue weighted by molar-refractivity contribution is 5.88. The molecule has 2 aliphatic heterocycles. The zero-order valence-electron chi connectivity index (χ0n) is 8.79. The smallest absolute Gasteiger partial charge is 0.240 e. The summed E-state index contributed by atoms with van der Waals surface area (Å²) in [5.41, 5.74) is 0. The van der Waals surface area contributed by atoms with Gasteiger partial charge in [0.15, 0.2) is 0 Å². The predicted octanol–water partition coefficient (Wildman–Crippen LogP) is -0.913. The monoisotopic (exact) mass is 211 g/mol. The van der Waals surface area contributed by atoms with E-state index in [0.717, 1.165) is 25.8 Å². The van der Waals surface area contributed by atoms with E-state index in [1.165, 1.54) is 0 Å². The Balaban J connectivity index is 1.90. The summed E-state index contributed by atoms with van der Waals surface area (Å²) < 4.78 is 0. The van der Waals surface area contributed by atoms with Gasteiger partial charge in [0.1, 0.15) is 0 Å². The average molecular weight is 211 g/mol. The standard InChI is InChI=1S/C10H17N3O2/c14-9-7-13(6-5-12-9)10(15)8-3-1-2-4-11-8/h8,11H,1-7H2,(H,12,14)/t8-/m0/s1. The topological polar surface area (TPSA) is 61.4 Å². The first-order valence-electron chi connectivity index (χ1n) is 5.56. The molecule has 0 bridgehead atoms. The molecule has 2 saturated heterocycles.